The number of ketones is 1. The van der Waals surface area contributed by atoms with Crippen LogP contribution in [0.1, 0.15) is 24.2 Å². The monoisotopic (exact) mass is 355 g/mol. The molecule has 7 heteroatoms. The minimum Gasteiger partial charge on any atom is -0.494 e. The first-order valence-electron chi connectivity index (χ1n) is 7.85. The summed E-state index contributed by atoms with van der Waals surface area (Å²) in [7, 11) is 0. The molecule has 0 radical (unpaired) electrons. The van der Waals surface area contributed by atoms with Gasteiger partial charge in [-0.25, -0.2) is 0 Å². The van der Waals surface area contributed by atoms with Crippen LogP contribution in [0.15, 0.2) is 58.4 Å². The van der Waals surface area contributed by atoms with E-state index in [-0.39, 0.29) is 11.0 Å². The van der Waals surface area contributed by atoms with Crippen molar-refractivity contribution in [2.75, 3.05) is 6.61 Å². The van der Waals surface area contributed by atoms with Crippen LogP contribution in [-0.2, 0) is 0 Å². The van der Waals surface area contributed by atoms with Crippen LogP contribution in [0.2, 0.25) is 0 Å². The Morgan fingerprint density at radius 3 is 2.56 bits per heavy atom. The van der Waals surface area contributed by atoms with Gasteiger partial charge in [-0.2, -0.15) is 0 Å². The number of carbonyl (C=O) groups excluding carboxylic acids is 1. The van der Waals surface area contributed by atoms with E-state index in [2.05, 4.69) is 15.2 Å². The number of aromatic nitrogens is 3. The molecule has 1 aromatic carbocycles. The lowest BCUT2D eigenvalue weighted by atomic mass is 10.1. The standard InChI is InChI=1S/C18H17N3O3S/c1-3-23-15-6-4-13(5-7-15)16(22)12(2)25-18-21-20-17(24-18)14-8-10-19-11-9-14/h4-12H,3H2,1-2H3. The van der Waals surface area contributed by atoms with Gasteiger partial charge in [-0.3, -0.25) is 9.78 Å². The fraction of sp³-hybridized carbons (Fsp3) is 0.222. The van der Waals surface area contributed by atoms with Crippen LogP contribution < -0.4 is 4.74 Å². The lowest BCUT2D eigenvalue weighted by molar-refractivity contribution is 0.0993. The maximum absolute atomic E-state index is 12.5. The Bertz CT molecular complexity index is 834. The summed E-state index contributed by atoms with van der Waals surface area (Å²) in [5, 5.41) is 8.03. The van der Waals surface area contributed by atoms with E-state index in [0.29, 0.717) is 23.3 Å². The number of hydrogen-bond acceptors (Lipinski definition) is 7. The summed E-state index contributed by atoms with van der Waals surface area (Å²) >= 11 is 1.24. The minimum atomic E-state index is -0.344. The van der Waals surface area contributed by atoms with Gasteiger partial charge < -0.3 is 9.15 Å². The molecule has 0 aliphatic heterocycles. The van der Waals surface area contributed by atoms with Gasteiger partial charge >= 0.3 is 0 Å². The molecule has 0 N–H and O–H groups in total. The third-order valence-electron chi connectivity index (χ3n) is 3.43. The molecule has 0 fully saturated rings. The van der Waals surface area contributed by atoms with Gasteiger partial charge in [0.15, 0.2) is 5.78 Å². The number of hydrogen-bond donors (Lipinski definition) is 0. The Morgan fingerprint density at radius 1 is 1.16 bits per heavy atom. The van der Waals surface area contributed by atoms with E-state index >= 15 is 0 Å². The maximum Gasteiger partial charge on any atom is 0.277 e. The molecule has 25 heavy (non-hydrogen) atoms. The normalized spacial score (nSPS) is 11.9. The molecular weight excluding hydrogens is 338 g/mol. The van der Waals surface area contributed by atoms with Crippen molar-refractivity contribution in [1.29, 1.82) is 0 Å². The van der Waals surface area contributed by atoms with Crippen molar-refractivity contribution in [2.24, 2.45) is 0 Å². The second-order valence-corrected chi connectivity index (χ2v) is 6.48. The summed E-state index contributed by atoms with van der Waals surface area (Å²) in [6.07, 6.45) is 3.31. The van der Waals surface area contributed by atoms with E-state index in [4.69, 9.17) is 9.15 Å². The van der Waals surface area contributed by atoms with E-state index < -0.39 is 0 Å². The quantitative estimate of drug-likeness (QED) is 0.470. The Hall–Kier alpha value is -2.67. The van der Waals surface area contributed by atoms with Gasteiger partial charge in [0, 0.05) is 23.5 Å². The van der Waals surface area contributed by atoms with Gasteiger partial charge in [-0.05, 0) is 50.2 Å². The zero-order chi connectivity index (χ0) is 17.6. The molecule has 0 bridgehead atoms. The molecular formula is C18H17N3O3S. The van der Waals surface area contributed by atoms with Crippen molar-refractivity contribution in [1.82, 2.24) is 15.2 Å². The molecule has 1 atom stereocenters. The number of pyridine rings is 1. The Morgan fingerprint density at radius 2 is 1.88 bits per heavy atom. The summed E-state index contributed by atoms with van der Waals surface area (Å²) in [4.78, 5) is 16.5. The molecule has 3 aromatic rings. The average Bonchev–Trinajstić information content (AvgIpc) is 3.11. The van der Waals surface area contributed by atoms with Crippen molar-refractivity contribution in [3.8, 4) is 17.2 Å². The summed E-state index contributed by atoms with van der Waals surface area (Å²) in [5.74, 6) is 1.15. The number of benzene rings is 1. The molecule has 0 aliphatic carbocycles. The van der Waals surface area contributed by atoms with Gasteiger partial charge in [0.25, 0.3) is 5.22 Å². The van der Waals surface area contributed by atoms with Gasteiger partial charge in [-0.1, -0.05) is 11.8 Å². The number of rotatable bonds is 7. The predicted molar refractivity (Wildman–Crippen MR) is 94.8 cm³/mol. The highest BCUT2D eigenvalue weighted by Gasteiger charge is 2.20. The highest BCUT2D eigenvalue weighted by Crippen LogP contribution is 2.27. The van der Waals surface area contributed by atoms with E-state index in [9.17, 15) is 4.79 Å². The van der Waals surface area contributed by atoms with Crippen molar-refractivity contribution >= 4 is 17.5 Å². The average molecular weight is 355 g/mol. The highest BCUT2D eigenvalue weighted by molar-refractivity contribution is 8.00. The van der Waals surface area contributed by atoms with Gasteiger partial charge in [-0.15, -0.1) is 10.2 Å². The van der Waals surface area contributed by atoms with Crippen LogP contribution in [0.3, 0.4) is 0 Å². The van der Waals surface area contributed by atoms with Gasteiger partial charge in [0.2, 0.25) is 5.89 Å². The van der Waals surface area contributed by atoms with E-state index in [1.54, 1.807) is 48.8 Å². The first-order chi connectivity index (χ1) is 12.2. The second-order valence-electron chi connectivity index (χ2n) is 5.19. The van der Waals surface area contributed by atoms with Crippen molar-refractivity contribution in [2.45, 2.75) is 24.3 Å². The number of ether oxygens (including phenoxy) is 1. The number of Topliss-reactive ketones (excluding diaryl/α,β-unsaturated/α-hetero) is 1. The first-order valence-corrected chi connectivity index (χ1v) is 8.73. The van der Waals surface area contributed by atoms with Crippen molar-refractivity contribution in [3.05, 3.63) is 54.4 Å². The molecule has 1 unspecified atom stereocenters. The van der Waals surface area contributed by atoms with Crippen molar-refractivity contribution < 1.29 is 13.9 Å². The summed E-state index contributed by atoms with van der Waals surface area (Å²) < 4.78 is 11.0. The first kappa shape index (κ1) is 17.2. The highest BCUT2D eigenvalue weighted by atomic mass is 32.2. The minimum absolute atomic E-state index is 0.00305. The second kappa shape index (κ2) is 7.94. The fourth-order valence-corrected chi connectivity index (χ4v) is 2.95. The molecule has 0 spiro atoms. The Kier molecular flexibility index (Phi) is 5.45. The summed E-state index contributed by atoms with van der Waals surface area (Å²) in [6.45, 7) is 4.33. The van der Waals surface area contributed by atoms with E-state index in [1.807, 2.05) is 13.8 Å². The van der Waals surface area contributed by atoms with E-state index in [0.717, 1.165) is 11.3 Å². The predicted octanol–water partition coefficient (Wildman–Crippen LogP) is 3.89. The lowest BCUT2D eigenvalue weighted by Gasteiger charge is -2.08. The lowest BCUT2D eigenvalue weighted by Crippen LogP contribution is -2.13. The summed E-state index contributed by atoms with van der Waals surface area (Å²) in [5.41, 5.74) is 1.41. The SMILES string of the molecule is CCOc1ccc(C(=O)C(C)Sc2nnc(-c3ccncc3)o2)cc1. The third-order valence-corrected chi connectivity index (χ3v) is 4.36. The number of carbonyl (C=O) groups is 1. The van der Waals surface area contributed by atoms with Crippen LogP contribution in [-0.4, -0.2) is 32.8 Å². The van der Waals surface area contributed by atoms with E-state index in [1.165, 1.54) is 11.8 Å². The number of thioether (sulfide) groups is 1. The van der Waals surface area contributed by atoms with Crippen LogP contribution in [0.5, 0.6) is 5.75 Å². The topological polar surface area (TPSA) is 78.1 Å². The van der Waals surface area contributed by atoms with Crippen LogP contribution in [0.25, 0.3) is 11.5 Å². The molecule has 128 valence electrons. The number of nitrogens with zero attached hydrogens (tertiary/aromatic N) is 3. The zero-order valence-corrected chi connectivity index (χ0v) is 14.7. The zero-order valence-electron chi connectivity index (χ0n) is 13.9. The van der Waals surface area contributed by atoms with Crippen molar-refractivity contribution in [3.63, 3.8) is 0 Å². The smallest absolute Gasteiger partial charge is 0.277 e. The Balaban J connectivity index is 1.66. The van der Waals surface area contributed by atoms with Crippen LogP contribution in [0.4, 0.5) is 0 Å². The van der Waals surface area contributed by atoms with Crippen LogP contribution >= 0.6 is 11.8 Å². The molecule has 0 aliphatic rings. The molecule has 0 saturated carbocycles. The third kappa shape index (κ3) is 4.24. The largest absolute Gasteiger partial charge is 0.494 e. The molecule has 2 aromatic heterocycles. The van der Waals surface area contributed by atoms with Gasteiger partial charge in [0.1, 0.15) is 5.75 Å². The Labute approximate surface area is 149 Å². The molecule has 6 nitrogen and oxygen atoms in total. The van der Waals surface area contributed by atoms with Crippen LogP contribution in [0, 0.1) is 0 Å². The fourth-order valence-electron chi connectivity index (χ4n) is 2.19. The molecule has 3 rings (SSSR count). The molecule has 0 saturated heterocycles. The molecule has 0 amide bonds. The molecule has 2 heterocycles. The maximum atomic E-state index is 12.5. The summed E-state index contributed by atoms with van der Waals surface area (Å²) in [6, 6.07) is 10.7. The van der Waals surface area contributed by atoms with Gasteiger partial charge in [0.05, 0.1) is 11.9 Å².